The number of pyridine rings is 1. The third-order valence-electron chi connectivity index (χ3n) is 5.34. The number of anilines is 2. The maximum absolute atomic E-state index is 12.1. The number of halogens is 4. The summed E-state index contributed by atoms with van der Waals surface area (Å²) < 4.78 is 40.4. The minimum absolute atomic E-state index is 0.0592. The van der Waals surface area contributed by atoms with Crippen molar-refractivity contribution < 1.29 is 17.9 Å². The first kappa shape index (κ1) is 27.8. The first-order valence-electron chi connectivity index (χ1n) is 10.7. The normalized spacial score (nSPS) is 15.7. The maximum Gasteiger partial charge on any atom is 0.573 e. The molecule has 0 amide bonds. The summed E-state index contributed by atoms with van der Waals surface area (Å²) in [4.78, 5) is 20.1. The smallest absolute Gasteiger partial charge is 0.406 e. The fourth-order valence-corrected chi connectivity index (χ4v) is 4.58. The van der Waals surface area contributed by atoms with Gasteiger partial charge in [-0.2, -0.15) is 0 Å². The van der Waals surface area contributed by atoms with Crippen LogP contribution in [-0.4, -0.2) is 41.9 Å². The molecule has 1 aromatic carbocycles. The summed E-state index contributed by atoms with van der Waals surface area (Å²) in [5.74, 6) is -0.216. The zero-order valence-electron chi connectivity index (χ0n) is 19.9. The molecular weight excluding hydrogens is 489 g/mol. The second-order valence-electron chi connectivity index (χ2n) is 7.67. The van der Waals surface area contributed by atoms with Crippen LogP contribution in [0.3, 0.4) is 0 Å². The van der Waals surface area contributed by atoms with Gasteiger partial charge in [0.05, 0.1) is 10.7 Å². The third-order valence-corrected chi connectivity index (χ3v) is 6.39. The number of thiazole rings is 1. The van der Waals surface area contributed by atoms with E-state index in [1.807, 2.05) is 14.0 Å². The summed E-state index contributed by atoms with van der Waals surface area (Å²) in [6, 6.07) is 7.75. The van der Waals surface area contributed by atoms with Crippen LogP contribution in [0, 0.1) is 6.92 Å². The number of rotatable bonds is 3. The van der Waals surface area contributed by atoms with Gasteiger partial charge in [0.25, 0.3) is 5.56 Å². The van der Waals surface area contributed by atoms with Crippen molar-refractivity contribution in [3.8, 4) is 5.75 Å². The lowest BCUT2D eigenvalue weighted by molar-refractivity contribution is -0.274. The molecule has 1 aliphatic heterocycles. The van der Waals surface area contributed by atoms with E-state index in [1.54, 1.807) is 29.0 Å². The van der Waals surface area contributed by atoms with Gasteiger partial charge in [-0.3, -0.25) is 4.79 Å². The number of aryl methyl sites for hydroxylation is 2. The number of nitrogens with one attached hydrogen (secondary N) is 1. The van der Waals surface area contributed by atoms with E-state index < -0.39 is 6.36 Å². The number of ether oxygens (including phenoxy) is 1. The quantitative estimate of drug-likeness (QED) is 0.420. The lowest BCUT2D eigenvalue weighted by atomic mass is 10.0. The van der Waals surface area contributed by atoms with E-state index in [-0.39, 0.29) is 11.3 Å². The fraction of sp³-hybridized carbons (Fsp3) is 0.478. The van der Waals surface area contributed by atoms with Crippen LogP contribution in [0.25, 0.3) is 10.3 Å². The van der Waals surface area contributed by atoms with Crippen molar-refractivity contribution in [1.82, 2.24) is 9.55 Å². The zero-order chi connectivity index (χ0) is 25.5. The van der Waals surface area contributed by atoms with Gasteiger partial charge in [-0.1, -0.05) is 0 Å². The van der Waals surface area contributed by atoms with Crippen molar-refractivity contribution in [2.24, 2.45) is 7.05 Å². The van der Waals surface area contributed by atoms with Crippen molar-refractivity contribution in [3.05, 3.63) is 45.7 Å². The number of hydrogen-bond donors (Lipinski definition) is 1. The Morgan fingerprint density at radius 2 is 1.85 bits per heavy atom. The first-order valence-corrected chi connectivity index (χ1v) is 12.3. The Kier molecular flexibility index (Phi) is 10.1. The van der Waals surface area contributed by atoms with Crippen LogP contribution in [0.4, 0.5) is 24.5 Å². The minimum Gasteiger partial charge on any atom is -0.406 e. The molecule has 0 spiro atoms. The molecule has 0 aliphatic carbocycles. The van der Waals surface area contributed by atoms with Crippen LogP contribution in [-0.2, 0) is 7.05 Å². The van der Waals surface area contributed by atoms with Crippen molar-refractivity contribution in [2.75, 3.05) is 30.2 Å². The van der Waals surface area contributed by atoms with Gasteiger partial charge in [-0.25, -0.2) is 4.98 Å². The molecule has 0 saturated carbocycles. The molecule has 1 N–H and O–H groups in total. The number of nitrogens with zero attached hydrogens (tertiary/aromatic N) is 3. The number of hydrogen-bond acceptors (Lipinski definition) is 6. The van der Waals surface area contributed by atoms with Gasteiger partial charge < -0.3 is 19.5 Å². The van der Waals surface area contributed by atoms with E-state index in [4.69, 9.17) is 0 Å². The van der Waals surface area contributed by atoms with Gasteiger partial charge in [0.2, 0.25) is 0 Å². The number of aromatic nitrogens is 2. The van der Waals surface area contributed by atoms with Crippen molar-refractivity contribution in [3.63, 3.8) is 0 Å². The highest BCUT2D eigenvalue weighted by atomic mass is 35.5. The molecule has 1 fully saturated rings. The fourth-order valence-electron chi connectivity index (χ4n) is 3.69. The summed E-state index contributed by atoms with van der Waals surface area (Å²) in [6.45, 7) is 5.26. The molecule has 34 heavy (non-hydrogen) atoms. The number of piperidine rings is 1. The summed E-state index contributed by atoms with van der Waals surface area (Å²) in [5, 5.41) is 3.80. The predicted octanol–water partition coefficient (Wildman–Crippen LogP) is 6.16. The zero-order valence-corrected chi connectivity index (χ0v) is 21.4. The molecule has 11 heteroatoms. The van der Waals surface area contributed by atoms with Gasteiger partial charge in [0.1, 0.15) is 16.1 Å². The van der Waals surface area contributed by atoms with Gasteiger partial charge in [-0.05, 0) is 57.4 Å². The highest BCUT2D eigenvalue weighted by Crippen LogP contribution is 2.32. The van der Waals surface area contributed by atoms with Crippen molar-refractivity contribution in [1.29, 1.82) is 0 Å². The van der Waals surface area contributed by atoms with Crippen LogP contribution in [0.2, 0.25) is 0 Å². The molecule has 1 unspecified atom stereocenters. The molecule has 1 saturated heterocycles. The van der Waals surface area contributed by atoms with E-state index >= 15 is 0 Å². The lowest BCUT2D eigenvalue weighted by Gasteiger charge is -2.35. The second kappa shape index (κ2) is 12.3. The van der Waals surface area contributed by atoms with Crippen molar-refractivity contribution in [2.45, 2.75) is 45.5 Å². The standard InChI is InChI=1S/C14H19N3OS.C8H8F3NO.CH3Cl/c1-9-6-4-5-7-17(9)11-8-12(18)16(3)14-13(11)15-10(2)19-14;1-12-6-2-4-7(5-3-6)13-8(9,10)11;1-2/h8-9H,4-7H2,1-3H3;2-5,12H,1H3;1H3. The van der Waals surface area contributed by atoms with E-state index in [0.717, 1.165) is 33.3 Å². The molecule has 1 aliphatic rings. The molecule has 3 aromatic rings. The molecular formula is C23H30ClF3N4O2S. The Bertz CT molecular complexity index is 1120. The summed E-state index contributed by atoms with van der Waals surface area (Å²) in [6.07, 6.45) is 0.521. The molecule has 4 rings (SSSR count). The topological polar surface area (TPSA) is 59.4 Å². The third kappa shape index (κ3) is 7.27. The maximum atomic E-state index is 12.1. The van der Waals surface area contributed by atoms with Gasteiger partial charge in [0, 0.05) is 44.8 Å². The number of benzene rings is 1. The highest BCUT2D eigenvalue weighted by molar-refractivity contribution is 7.18. The number of alkyl halides is 4. The van der Waals surface area contributed by atoms with E-state index in [1.165, 1.54) is 49.9 Å². The summed E-state index contributed by atoms with van der Waals surface area (Å²) >= 11 is 6.24. The molecule has 0 bridgehead atoms. The molecule has 2 aromatic heterocycles. The van der Waals surface area contributed by atoms with Crippen molar-refractivity contribution >= 4 is 44.7 Å². The van der Waals surface area contributed by atoms with Gasteiger partial charge >= 0.3 is 6.36 Å². The molecule has 1 atom stereocenters. The summed E-state index contributed by atoms with van der Waals surface area (Å²) in [5.41, 5.74) is 2.80. The minimum atomic E-state index is -4.62. The molecule has 0 radical (unpaired) electrons. The van der Waals surface area contributed by atoms with E-state index in [0.29, 0.717) is 6.04 Å². The first-order chi connectivity index (χ1) is 16.1. The monoisotopic (exact) mass is 518 g/mol. The molecule has 3 heterocycles. The van der Waals surface area contributed by atoms with Crippen LogP contribution >= 0.6 is 22.9 Å². The van der Waals surface area contributed by atoms with E-state index in [9.17, 15) is 18.0 Å². The van der Waals surface area contributed by atoms with E-state index in [2.05, 4.69) is 38.5 Å². The Hall–Kier alpha value is -2.46. The Balaban J connectivity index is 0.000000239. The van der Waals surface area contributed by atoms with Crippen LogP contribution < -0.4 is 20.5 Å². The Morgan fingerprint density at radius 1 is 1.21 bits per heavy atom. The second-order valence-corrected chi connectivity index (χ2v) is 8.86. The molecule has 6 nitrogen and oxygen atoms in total. The Labute approximate surface area is 206 Å². The van der Waals surface area contributed by atoms with Crippen LogP contribution in [0.1, 0.15) is 31.2 Å². The summed E-state index contributed by atoms with van der Waals surface area (Å²) in [7, 11) is 3.51. The average Bonchev–Trinajstić information content (AvgIpc) is 3.20. The van der Waals surface area contributed by atoms with Gasteiger partial charge in [-0.15, -0.1) is 36.1 Å². The van der Waals surface area contributed by atoms with Crippen LogP contribution in [0.15, 0.2) is 35.1 Å². The van der Waals surface area contributed by atoms with Crippen LogP contribution in [0.5, 0.6) is 5.75 Å². The highest BCUT2D eigenvalue weighted by Gasteiger charge is 2.30. The Morgan fingerprint density at radius 3 is 2.41 bits per heavy atom. The largest absolute Gasteiger partial charge is 0.573 e. The predicted molar refractivity (Wildman–Crippen MR) is 135 cm³/mol. The average molecular weight is 519 g/mol. The lowest BCUT2D eigenvalue weighted by Crippen LogP contribution is -2.38. The molecule has 188 valence electrons. The van der Waals surface area contributed by atoms with Gasteiger partial charge in [0.15, 0.2) is 0 Å². The number of fused-ring (bicyclic) bond motifs is 1. The SMILES string of the molecule is CCl.CNc1ccc(OC(F)(F)F)cc1.Cc1nc2c(N3CCCCC3C)cc(=O)n(C)c2s1.